The summed E-state index contributed by atoms with van der Waals surface area (Å²) in [5.74, 6) is 4.79. The van der Waals surface area contributed by atoms with Gasteiger partial charge in [-0.15, -0.1) is 0 Å². The Morgan fingerprint density at radius 1 is 1.39 bits per heavy atom. The summed E-state index contributed by atoms with van der Waals surface area (Å²) in [6, 6.07) is 0. The number of esters is 1. The summed E-state index contributed by atoms with van der Waals surface area (Å²) < 4.78 is 10.4. The summed E-state index contributed by atoms with van der Waals surface area (Å²) in [4.78, 5) is 10.5. The van der Waals surface area contributed by atoms with Crippen molar-refractivity contribution in [1.82, 2.24) is 0 Å². The van der Waals surface area contributed by atoms with E-state index >= 15 is 0 Å². The zero-order valence-corrected chi connectivity index (χ0v) is 13.2. The van der Waals surface area contributed by atoms with Crippen molar-refractivity contribution in [2.24, 2.45) is 0 Å². The van der Waals surface area contributed by atoms with Crippen LogP contribution < -0.4 is 0 Å². The van der Waals surface area contributed by atoms with Crippen LogP contribution in [0.15, 0.2) is 0 Å². The molecule has 0 heterocycles. The van der Waals surface area contributed by atoms with Crippen molar-refractivity contribution >= 4 is 14.3 Å². The molecule has 0 rings (SSSR count). The molecule has 0 spiro atoms. The van der Waals surface area contributed by atoms with Gasteiger partial charge in [0.1, 0.15) is 6.10 Å². The number of aliphatic hydroxyl groups is 1. The Balaban J connectivity index is 4.11. The fourth-order valence-electron chi connectivity index (χ4n) is 0.843. The number of rotatable bonds is 4. The van der Waals surface area contributed by atoms with Crippen LogP contribution in [0.5, 0.6) is 0 Å². The lowest BCUT2D eigenvalue weighted by atomic mass is 10.2. The summed E-state index contributed by atoms with van der Waals surface area (Å²) in [6.45, 7) is 12.2. The van der Waals surface area contributed by atoms with Crippen LogP contribution in [0, 0.1) is 11.8 Å². The Morgan fingerprint density at radius 2 is 1.94 bits per heavy atom. The van der Waals surface area contributed by atoms with E-state index < -0.39 is 14.4 Å². The molecule has 0 aromatic rings. The highest BCUT2D eigenvalue weighted by atomic mass is 28.4. The molecule has 0 unspecified atom stereocenters. The van der Waals surface area contributed by atoms with Crippen molar-refractivity contribution in [3.63, 3.8) is 0 Å². The minimum absolute atomic E-state index is 0.00643. The lowest BCUT2D eigenvalue weighted by molar-refractivity contribution is -0.139. The Kier molecular flexibility index (Phi) is 6.61. The molecule has 0 amide bonds. The molecule has 0 saturated heterocycles. The molecule has 104 valence electrons. The third-order valence-corrected chi connectivity index (χ3v) is 7.53. The minimum atomic E-state index is -1.85. The molecule has 0 fully saturated rings. The highest BCUT2D eigenvalue weighted by molar-refractivity contribution is 6.74. The monoisotopic (exact) mass is 272 g/mol. The second-order valence-corrected chi connectivity index (χ2v) is 10.5. The molecule has 5 heteroatoms. The molecule has 18 heavy (non-hydrogen) atoms. The second kappa shape index (κ2) is 6.93. The quantitative estimate of drug-likeness (QED) is 0.483. The van der Waals surface area contributed by atoms with Gasteiger partial charge in [-0.05, 0) is 18.1 Å². The molecular weight excluding hydrogens is 248 g/mol. The van der Waals surface area contributed by atoms with Gasteiger partial charge in [0.2, 0.25) is 0 Å². The third-order valence-electron chi connectivity index (χ3n) is 3.02. The molecule has 0 saturated carbocycles. The first kappa shape index (κ1) is 17.2. The molecule has 1 atom stereocenters. The summed E-state index contributed by atoms with van der Waals surface area (Å²) in [5.41, 5.74) is 0. The fraction of sp³-hybridized carbons (Fsp3) is 0.769. The molecule has 0 radical (unpaired) electrons. The first-order chi connectivity index (χ1) is 8.06. The molecule has 0 aliphatic carbocycles. The highest BCUT2D eigenvalue weighted by Crippen LogP contribution is 2.36. The van der Waals surface area contributed by atoms with Gasteiger partial charge < -0.3 is 14.3 Å². The maximum Gasteiger partial charge on any atom is 0.303 e. The molecule has 0 bridgehead atoms. The van der Waals surface area contributed by atoms with Crippen molar-refractivity contribution in [3.05, 3.63) is 0 Å². The number of carbonyl (C=O) groups excluding carboxylic acids is 1. The van der Waals surface area contributed by atoms with Gasteiger partial charge in [-0.3, -0.25) is 4.79 Å². The zero-order valence-electron chi connectivity index (χ0n) is 12.2. The maximum atomic E-state index is 10.5. The van der Waals surface area contributed by atoms with Crippen molar-refractivity contribution < 1.29 is 19.1 Å². The number of aliphatic hydroxyl groups excluding tert-OH is 1. The molecule has 0 aliphatic heterocycles. The van der Waals surface area contributed by atoms with E-state index in [9.17, 15) is 9.90 Å². The molecule has 0 aromatic heterocycles. The van der Waals surface area contributed by atoms with Gasteiger partial charge in [-0.2, -0.15) is 0 Å². The van der Waals surface area contributed by atoms with Crippen LogP contribution in [0.1, 0.15) is 27.7 Å². The van der Waals surface area contributed by atoms with Crippen LogP contribution in [0.3, 0.4) is 0 Å². The number of carbonyl (C=O) groups is 1. The zero-order chi connectivity index (χ0) is 14.4. The van der Waals surface area contributed by atoms with Crippen LogP contribution in [0.4, 0.5) is 0 Å². The first-order valence-corrected chi connectivity index (χ1v) is 8.91. The Labute approximate surface area is 111 Å². The molecule has 1 N–H and O–H groups in total. The van der Waals surface area contributed by atoms with E-state index in [0.717, 1.165) is 0 Å². The van der Waals surface area contributed by atoms with Crippen molar-refractivity contribution in [1.29, 1.82) is 0 Å². The molecular formula is C13H24O4Si. The van der Waals surface area contributed by atoms with Crippen molar-refractivity contribution in [3.8, 4) is 11.8 Å². The third kappa shape index (κ3) is 6.79. The summed E-state index contributed by atoms with van der Waals surface area (Å²) in [6.07, 6.45) is -0.838. The standard InChI is InChI=1S/C13H24O4Si/c1-11(14)16-9-7-8-12(15)10-17-18(5,6)13(2,3)4/h12,15H,9-10H2,1-6H3/t12-/m1/s1. The smallest absolute Gasteiger partial charge is 0.303 e. The number of hydrogen-bond acceptors (Lipinski definition) is 4. The van der Waals surface area contributed by atoms with Gasteiger partial charge in [-0.1, -0.05) is 32.6 Å². The number of hydrogen-bond donors (Lipinski definition) is 1. The van der Waals surface area contributed by atoms with Crippen LogP contribution in [0.25, 0.3) is 0 Å². The van der Waals surface area contributed by atoms with Crippen molar-refractivity contribution in [2.45, 2.75) is 51.9 Å². The topological polar surface area (TPSA) is 55.8 Å². The van der Waals surface area contributed by atoms with Gasteiger partial charge >= 0.3 is 5.97 Å². The highest BCUT2D eigenvalue weighted by Gasteiger charge is 2.37. The lowest BCUT2D eigenvalue weighted by Gasteiger charge is -2.36. The first-order valence-electron chi connectivity index (χ1n) is 6.00. The summed E-state index contributed by atoms with van der Waals surface area (Å²) >= 11 is 0. The van der Waals surface area contributed by atoms with E-state index in [1.807, 2.05) is 0 Å². The maximum absolute atomic E-state index is 10.5. The van der Waals surface area contributed by atoms with Gasteiger partial charge in [0, 0.05) is 6.92 Å². The normalized spacial score (nSPS) is 13.5. The lowest BCUT2D eigenvalue weighted by Crippen LogP contribution is -2.42. The van der Waals surface area contributed by atoms with E-state index in [2.05, 4.69) is 50.4 Å². The van der Waals surface area contributed by atoms with Crippen LogP contribution in [-0.2, 0) is 14.0 Å². The van der Waals surface area contributed by atoms with Crippen LogP contribution in [0.2, 0.25) is 18.1 Å². The van der Waals surface area contributed by atoms with Crippen molar-refractivity contribution in [2.75, 3.05) is 13.2 Å². The Bertz CT molecular complexity index is 333. The molecule has 4 nitrogen and oxygen atoms in total. The van der Waals surface area contributed by atoms with E-state index in [-0.39, 0.29) is 24.2 Å². The fourth-order valence-corrected chi connectivity index (χ4v) is 1.85. The number of ether oxygens (including phenoxy) is 1. The van der Waals surface area contributed by atoms with Gasteiger partial charge in [-0.25, -0.2) is 0 Å². The SMILES string of the molecule is CC(=O)OCC#C[C@@H](O)CO[Si](C)(C)C(C)(C)C. The van der Waals surface area contributed by atoms with E-state index in [4.69, 9.17) is 4.43 Å². The Morgan fingerprint density at radius 3 is 2.39 bits per heavy atom. The van der Waals surface area contributed by atoms with Gasteiger partial charge in [0.15, 0.2) is 14.9 Å². The molecule has 0 aromatic carbocycles. The molecule has 0 aliphatic rings. The average molecular weight is 272 g/mol. The predicted octanol–water partition coefficient (Wildman–Crippen LogP) is 1.94. The average Bonchev–Trinajstić information content (AvgIpc) is 2.19. The van der Waals surface area contributed by atoms with Crippen LogP contribution in [-0.4, -0.2) is 38.7 Å². The van der Waals surface area contributed by atoms with Gasteiger partial charge in [0.05, 0.1) is 6.61 Å². The second-order valence-electron chi connectivity index (χ2n) is 5.69. The van der Waals surface area contributed by atoms with Gasteiger partial charge in [0.25, 0.3) is 0 Å². The van der Waals surface area contributed by atoms with E-state index in [1.165, 1.54) is 6.92 Å². The van der Waals surface area contributed by atoms with E-state index in [0.29, 0.717) is 0 Å². The Hall–Kier alpha value is -0.833. The summed E-state index contributed by atoms with van der Waals surface area (Å²) in [7, 11) is -1.85. The van der Waals surface area contributed by atoms with Crippen LogP contribution >= 0.6 is 0 Å². The van der Waals surface area contributed by atoms with E-state index in [1.54, 1.807) is 0 Å². The summed E-state index contributed by atoms with van der Waals surface area (Å²) in [5, 5.41) is 9.74. The predicted molar refractivity (Wildman–Crippen MR) is 73.6 cm³/mol. The minimum Gasteiger partial charge on any atom is -0.453 e. The largest absolute Gasteiger partial charge is 0.453 e.